The quantitative estimate of drug-likeness (QED) is 0.883. The van der Waals surface area contributed by atoms with E-state index in [1.165, 1.54) is 6.42 Å². The monoisotopic (exact) mass is 297 g/mol. The molecule has 4 nitrogen and oxygen atoms in total. The van der Waals surface area contributed by atoms with Gasteiger partial charge in [-0.05, 0) is 69.5 Å². The number of benzene rings is 1. The van der Waals surface area contributed by atoms with Crippen LogP contribution in [0.4, 0.5) is 10.5 Å². The average molecular weight is 297 g/mol. The van der Waals surface area contributed by atoms with E-state index >= 15 is 0 Å². The molecule has 1 saturated heterocycles. The van der Waals surface area contributed by atoms with Gasteiger partial charge in [-0.1, -0.05) is 0 Å². The second kappa shape index (κ2) is 6.26. The Labute approximate surface area is 131 Å². The van der Waals surface area contributed by atoms with Crippen molar-refractivity contribution in [2.75, 3.05) is 5.32 Å². The lowest BCUT2D eigenvalue weighted by Gasteiger charge is -2.38. The number of urea groups is 1. The molecule has 1 aromatic carbocycles. The van der Waals surface area contributed by atoms with Gasteiger partial charge in [0.25, 0.3) is 0 Å². The Balaban J connectivity index is 1.69. The summed E-state index contributed by atoms with van der Waals surface area (Å²) in [5.41, 5.74) is 1.92. The molecule has 3 rings (SSSR count). The Morgan fingerprint density at radius 2 is 1.64 bits per heavy atom. The molecule has 1 N–H and O–H groups in total. The lowest BCUT2D eigenvalue weighted by atomic mass is 9.98. The fraction of sp³-hybridized carbons (Fsp3) is 0.389. The van der Waals surface area contributed by atoms with E-state index < -0.39 is 0 Å². The van der Waals surface area contributed by atoms with Gasteiger partial charge in [0.2, 0.25) is 0 Å². The molecule has 0 spiro atoms. The van der Waals surface area contributed by atoms with E-state index in [4.69, 9.17) is 0 Å². The molecule has 1 aliphatic heterocycles. The maximum Gasteiger partial charge on any atom is 0.322 e. The van der Waals surface area contributed by atoms with Gasteiger partial charge < -0.3 is 14.8 Å². The summed E-state index contributed by atoms with van der Waals surface area (Å²) in [6.07, 6.45) is 7.39. The first-order chi connectivity index (χ1) is 10.6. The molecular weight excluding hydrogens is 274 g/mol. The fourth-order valence-corrected chi connectivity index (χ4v) is 3.23. The number of aromatic nitrogens is 1. The molecule has 1 aromatic heterocycles. The maximum atomic E-state index is 12.5. The average Bonchev–Trinajstić information content (AvgIpc) is 3.02. The van der Waals surface area contributed by atoms with Crippen LogP contribution in [0.15, 0.2) is 48.8 Å². The lowest BCUT2D eigenvalue weighted by Crippen LogP contribution is -2.49. The summed E-state index contributed by atoms with van der Waals surface area (Å²) in [4.78, 5) is 14.5. The minimum absolute atomic E-state index is 0.00779. The highest BCUT2D eigenvalue weighted by atomic mass is 16.2. The van der Waals surface area contributed by atoms with Crippen LogP contribution in [0.25, 0.3) is 5.69 Å². The van der Waals surface area contributed by atoms with Crippen molar-refractivity contribution in [3.05, 3.63) is 48.8 Å². The zero-order valence-electron chi connectivity index (χ0n) is 13.2. The van der Waals surface area contributed by atoms with Crippen LogP contribution in [0.2, 0.25) is 0 Å². The molecule has 1 aliphatic rings. The van der Waals surface area contributed by atoms with Gasteiger partial charge in [0.1, 0.15) is 0 Å². The second-order valence-corrected chi connectivity index (χ2v) is 6.10. The number of nitrogens with zero attached hydrogens (tertiary/aromatic N) is 2. The number of anilines is 1. The van der Waals surface area contributed by atoms with E-state index in [-0.39, 0.29) is 6.03 Å². The van der Waals surface area contributed by atoms with Crippen LogP contribution in [-0.2, 0) is 0 Å². The lowest BCUT2D eigenvalue weighted by molar-refractivity contribution is 0.133. The molecular formula is C18H23N3O. The Morgan fingerprint density at radius 1 is 1.05 bits per heavy atom. The number of piperidine rings is 1. The predicted molar refractivity (Wildman–Crippen MR) is 89.4 cm³/mol. The fourth-order valence-electron chi connectivity index (χ4n) is 3.23. The van der Waals surface area contributed by atoms with Crippen molar-refractivity contribution in [3.63, 3.8) is 0 Å². The number of amides is 2. The van der Waals surface area contributed by atoms with Crippen molar-refractivity contribution in [1.82, 2.24) is 9.47 Å². The van der Waals surface area contributed by atoms with Crippen molar-refractivity contribution in [2.45, 2.75) is 45.2 Å². The summed E-state index contributed by atoms with van der Waals surface area (Å²) in [7, 11) is 0. The highest BCUT2D eigenvalue weighted by Gasteiger charge is 2.28. The van der Waals surface area contributed by atoms with E-state index in [0.717, 1.165) is 24.2 Å². The van der Waals surface area contributed by atoms with E-state index in [9.17, 15) is 4.79 Å². The highest BCUT2D eigenvalue weighted by molar-refractivity contribution is 5.89. The van der Waals surface area contributed by atoms with Crippen LogP contribution in [0.5, 0.6) is 0 Å². The largest absolute Gasteiger partial charge is 0.324 e. The first-order valence-corrected chi connectivity index (χ1v) is 7.98. The Bertz CT molecular complexity index is 608. The topological polar surface area (TPSA) is 37.3 Å². The second-order valence-electron chi connectivity index (χ2n) is 6.10. The van der Waals surface area contributed by atoms with Crippen LogP contribution < -0.4 is 5.32 Å². The molecule has 2 heterocycles. The third kappa shape index (κ3) is 3.01. The van der Waals surface area contributed by atoms with Crippen LogP contribution in [0.3, 0.4) is 0 Å². The van der Waals surface area contributed by atoms with Gasteiger partial charge in [0.05, 0.1) is 0 Å². The first kappa shape index (κ1) is 14.7. The molecule has 0 aliphatic carbocycles. The molecule has 2 unspecified atom stereocenters. The minimum atomic E-state index is 0.00779. The van der Waals surface area contributed by atoms with Gasteiger partial charge in [0.15, 0.2) is 0 Å². The van der Waals surface area contributed by atoms with Crippen LogP contribution in [-0.4, -0.2) is 27.6 Å². The smallest absolute Gasteiger partial charge is 0.322 e. The van der Waals surface area contributed by atoms with Crippen molar-refractivity contribution in [2.24, 2.45) is 0 Å². The molecule has 2 amide bonds. The van der Waals surface area contributed by atoms with Gasteiger partial charge in [-0.25, -0.2) is 4.79 Å². The van der Waals surface area contributed by atoms with Crippen LogP contribution in [0.1, 0.15) is 33.1 Å². The van der Waals surface area contributed by atoms with Crippen molar-refractivity contribution in [1.29, 1.82) is 0 Å². The Morgan fingerprint density at radius 3 is 2.23 bits per heavy atom. The number of rotatable bonds is 2. The third-order valence-corrected chi connectivity index (χ3v) is 4.45. The summed E-state index contributed by atoms with van der Waals surface area (Å²) in [5, 5.41) is 3.02. The van der Waals surface area contributed by atoms with Crippen molar-refractivity contribution < 1.29 is 4.79 Å². The minimum Gasteiger partial charge on any atom is -0.324 e. The van der Waals surface area contributed by atoms with Gasteiger partial charge in [-0.15, -0.1) is 0 Å². The van der Waals surface area contributed by atoms with E-state index in [2.05, 4.69) is 19.2 Å². The molecule has 1 fully saturated rings. The van der Waals surface area contributed by atoms with E-state index in [1.807, 2.05) is 58.3 Å². The number of hydrogen-bond donors (Lipinski definition) is 1. The number of hydrogen-bond acceptors (Lipinski definition) is 1. The zero-order chi connectivity index (χ0) is 15.5. The van der Waals surface area contributed by atoms with E-state index in [0.29, 0.717) is 12.1 Å². The van der Waals surface area contributed by atoms with Gasteiger partial charge in [0, 0.05) is 35.9 Å². The number of carbonyl (C=O) groups is 1. The molecule has 0 saturated carbocycles. The number of likely N-dealkylation sites (tertiary alicyclic amines) is 1. The normalized spacial score (nSPS) is 21.6. The van der Waals surface area contributed by atoms with Gasteiger partial charge in [-0.3, -0.25) is 0 Å². The predicted octanol–water partition coefficient (Wildman–Crippen LogP) is 4.27. The summed E-state index contributed by atoms with van der Waals surface area (Å²) in [6.45, 7) is 4.26. The molecule has 0 radical (unpaired) electrons. The van der Waals surface area contributed by atoms with Gasteiger partial charge in [-0.2, -0.15) is 0 Å². The summed E-state index contributed by atoms with van der Waals surface area (Å²) in [5.74, 6) is 0. The Kier molecular flexibility index (Phi) is 4.18. The Hall–Kier alpha value is -2.23. The highest BCUT2D eigenvalue weighted by Crippen LogP contribution is 2.23. The summed E-state index contributed by atoms with van der Waals surface area (Å²) < 4.78 is 2.04. The van der Waals surface area contributed by atoms with Crippen LogP contribution in [0, 0.1) is 0 Å². The maximum absolute atomic E-state index is 12.5. The first-order valence-electron chi connectivity index (χ1n) is 7.98. The molecule has 0 bridgehead atoms. The molecule has 4 heteroatoms. The van der Waals surface area contributed by atoms with Crippen molar-refractivity contribution in [3.8, 4) is 5.69 Å². The third-order valence-electron chi connectivity index (χ3n) is 4.45. The zero-order valence-corrected chi connectivity index (χ0v) is 13.2. The molecule has 2 aromatic rings. The molecule has 22 heavy (non-hydrogen) atoms. The number of carbonyl (C=O) groups excluding carboxylic acids is 1. The van der Waals surface area contributed by atoms with E-state index in [1.54, 1.807) is 0 Å². The standard InChI is InChI=1S/C18H23N3O/c1-14-6-5-7-15(2)21(14)18(22)19-16-8-10-17(11-9-16)20-12-3-4-13-20/h3-4,8-15H,5-7H2,1-2H3,(H,19,22). The van der Waals surface area contributed by atoms with Crippen LogP contribution >= 0.6 is 0 Å². The SMILES string of the molecule is CC1CCCC(C)N1C(=O)Nc1ccc(-n2cccc2)cc1. The van der Waals surface area contributed by atoms with Crippen molar-refractivity contribution >= 4 is 11.7 Å². The molecule has 2 atom stereocenters. The summed E-state index contributed by atoms with van der Waals surface area (Å²) in [6, 6.07) is 12.5. The molecule has 116 valence electrons. The van der Waals surface area contributed by atoms with Gasteiger partial charge >= 0.3 is 6.03 Å². The number of nitrogens with one attached hydrogen (secondary N) is 1. The summed E-state index contributed by atoms with van der Waals surface area (Å²) >= 11 is 0.